The molecule has 35 heavy (non-hydrogen) atoms. The third-order valence-electron chi connectivity index (χ3n) is 6.58. The number of nitrogens with zero attached hydrogens (tertiary/aromatic N) is 3. The summed E-state index contributed by atoms with van der Waals surface area (Å²) < 4.78 is 69.1. The largest absolute Gasteiger partial charge is 0.397 e. The normalized spacial score (nSPS) is 19.3. The molecule has 2 aliphatic heterocycles. The summed E-state index contributed by atoms with van der Waals surface area (Å²) in [5, 5.41) is 2.00. The van der Waals surface area contributed by atoms with Crippen LogP contribution in [0.1, 0.15) is 44.4 Å². The lowest BCUT2D eigenvalue weighted by molar-refractivity contribution is -0.180. The van der Waals surface area contributed by atoms with Crippen molar-refractivity contribution < 1.29 is 36.3 Å². The second-order valence-corrected chi connectivity index (χ2v) is 9.46. The number of carbonyl (C=O) groups excluding carboxylic acids is 3. The van der Waals surface area contributed by atoms with Crippen molar-refractivity contribution in [3.05, 3.63) is 53.2 Å². The van der Waals surface area contributed by atoms with Crippen LogP contribution in [0.5, 0.6) is 0 Å². The third-order valence-corrected chi connectivity index (χ3v) is 6.58. The number of hydrogen-bond donors (Lipinski definition) is 1. The van der Waals surface area contributed by atoms with Crippen molar-refractivity contribution >= 4 is 29.4 Å². The number of halogens is 5. The van der Waals surface area contributed by atoms with Crippen LogP contribution in [0.4, 0.5) is 38.3 Å². The highest BCUT2D eigenvalue weighted by Gasteiger charge is 2.55. The molecule has 3 heterocycles. The van der Waals surface area contributed by atoms with Crippen LogP contribution in [0.3, 0.4) is 0 Å². The van der Waals surface area contributed by atoms with Crippen LogP contribution in [0, 0.1) is 0 Å². The molecule has 2 aromatic rings. The predicted octanol–water partition coefficient (Wildman–Crippen LogP) is 4.71. The van der Waals surface area contributed by atoms with E-state index in [1.54, 1.807) is 0 Å². The lowest BCUT2D eigenvalue weighted by atomic mass is 9.84. The van der Waals surface area contributed by atoms with Crippen molar-refractivity contribution in [2.45, 2.75) is 57.3 Å². The van der Waals surface area contributed by atoms with Crippen LogP contribution < -0.4 is 10.2 Å². The van der Waals surface area contributed by atoms with Gasteiger partial charge in [0.1, 0.15) is 11.4 Å². The number of hydrogen-bond acceptors (Lipinski definition) is 4. The number of pyridine rings is 1. The summed E-state index contributed by atoms with van der Waals surface area (Å²) in [5.74, 6) is -6.42. The van der Waals surface area contributed by atoms with Crippen molar-refractivity contribution in [2.24, 2.45) is 0 Å². The summed E-state index contributed by atoms with van der Waals surface area (Å²) >= 11 is 0. The van der Waals surface area contributed by atoms with Gasteiger partial charge in [0.25, 0.3) is 5.91 Å². The first kappa shape index (κ1) is 24.6. The maximum atomic E-state index is 14.5. The zero-order valence-corrected chi connectivity index (χ0v) is 19.1. The zero-order valence-electron chi connectivity index (χ0n) is 19.1. The number of fused-ring (bicyclic) bond motifs is 1. The standard InChI is InChI=1S/C23H21F5N4O3/c1-20(2,23(26,27)28)13-5-7-14(8-6-13)32-18(34)21(3,4)31(19(32)35)11-12-9-10-29-16-15(12)22(24,25)17(33)30-16/h5-10H,11H2,1-4H3,(H,29,30,33). The number of urea groups is 1. The molecule has 1 N–H and O–H groups in total. The summed E-state index contributed by atoms with van der Waals surface area (Å²) in [7, 11) is 0. The molecule has 1 aromatic heterocycles. The SMILES string of the molecule is CC1(C)C(=O)N(c2ccc(C(C)(C)C(F)(F)F)cc2)C(=O)N1Cc1ccnc2c1C(F)(F)C(=O)N2. The highest BCUT2D eigenvalue weighted by atomic mass is 19.4. The topological polar surface area (TPSA) is 82.6 Å². The first-order valence-corrected chi connectivity index (χ1v) is 10.5. The van der Waals surface area contributed by atoms with Gasteiger partial charge in [-0.3, -0.25) is 9.59 Å². The smallest absolute Gasteiger partial charge is 0.305 e. The van der Waals surface area contributed by atoms with Crippen molar-refractivity contribution in [3.8, 4) is 0 Å². The Morgan fingerprint density at radius 2 is 1.60 bits per heavy atom. The number of anilines is 2. The van der Waals surface area contributed by atoms with Gasteiger partial charge >= 0.3 is 24.0 Å². The molecule has 0 radical (unpaired) electrons. The number of nitrogens with one attached hydrogen (secondary N) is 1. The number of alkyl halides is 5. The Labute approximate surface area is 196 Å². The molecular weight excluding hydrogens is 475 g/mol. The fraction of sp³-hybridized carbons (Fsp3) is 0.391. The average molecular weight is 496 g/mol. The van der Waals surface area contributed by atoms with Crippen LogP contribution in [0.2, 0.25) is 0 Å². The summed E-state index contributed by atoms with van der Waals surface area (Å²) in [6.07, 6.45) is -3.32. The molecule has 7 nitrogen and oxygen atoms in total. The minimum absolute atomic E-state index is 0.0411. The van der Waals surface area contributed by atoms with E-state index in [0.717, 1.165) is 23.6 Å². The Balaban J connectivity index is 1.67. The minimum Gasteiger partial charge on any atom is -0.305 e. The highest BCUT2D eigenvalue weighted by Crippen LogP contribution is 2.44. The number of imide groups is 1. The van der Waals surface area contributed by atoms with Crippen LogP contribution in [0.25, 0.3) is 0 Å². The van der Waals surface area contributed by atoms with Crippen LogP contribution in [-0.2, 0) is 27.5 Å². The lowest BCUT2D eigenvalue weighted by Gasteiger charge is -2.28. The van der Waals surface area contributed by atoms with Crippen molar-refractivity contribution in [1.82, 2.24) is 9.88 Å². The second-order valence-electron chi connectivity index (χ2n) is 9.46. The summed E-state index contributed by atoms with van der Waals surface area (Å²) in [4.78, 5) is 43.7. The van der Waals surface area contributed by atoms with Gasteiger partial charge in [0.05, 0.1) is 16.7 Å². The van der Waals surface area contributed by atoms with Crippen LogP contribution in [0.15, 0.2) is 36.5 Å². The summed E-state index contributed by atoms with van der Waals surface area (Å²) in [6.45, 7) is 4.46. The summed E-state index contributed by atoms with van der Waals surface area (Å²) in [5.41, 5.74) is -4.39. The van der Waals surface area contributed by atoms with Gasteiger partial charge < -0.3 is 10.2 Å². The molecule has 1 fully saturated rings. The molecule has 4 rings (SSSR count). The van der Waals surface area contributed by atoms with E-state index in [0.29, 0.717) is 0 Å². The van der Waals surface area contributed by atoms with Gasteiger partial charge in [0.2, 0.25) is 0 Å². The Morgan fingerprint density at radius 1 is 1.00 bits per heavy atom. The van der Waals surface area contributed by atoms with Crippen LogP contribution in [-0.4, -0.2) is 39.4 Å². The van der Waals surface area contributed by atoms with Crippen molar-refractivity contribution in [3.63, 3.8) is 0 Å². The Kier molecular flexibility index (Phi) is 5.23. The molecule has 0 spiro atoms. The molecule has 0 bridgehead atoms. The third kappa shape index (κ3) is 3.53. The van der Waals surface area contributed by atoms with Gasteiger partial charge in [-0.15, -0.1) is 0 Å². The summed E-state index contributed by atoms with van der Waals surface area (Å²) in [6, 6.07) is 5.24. The Bertz CT molecular complexity index is 1240. The lowest BCUT2D eigenvalue weighted by Crippen LogP contribution is -2.44. The fourth-order valence-electron chi connectivity index (χ4n) is 4.07. The van der Waals surface area contributed by atoms with E-state index in [9.17, 15) is 36.3 Å². The maximum Gasteiger partial charge on any atom is 0.397 e. The number of carbonyl (C=O) groups is 3. The zero-order chi connectivity index (χ0) is 26.1. The van der Waals surface area contributed by atoms with E-state index in [-0.39, 0.29) is 22.6 Å². The first-order chi connectivity index (χ1) is 16.0. The molecule has 0 unspecified atom stereocenters. The van der Waals surface area contributed by atoms with Gasteiger partial charge in [0.15, 0.2) is 0 Å². The molecule has 186 valence electrons. The predicted molar refractivity (Wildman–Crippen MR) is 115 cm³/mol. The Hall–Kier alpha value is -3.57. The number of amides is 4. The average Bonchev–Trinajstić information content (AvgIpc) is 3.09. The van der Waals surface area contributed by atoms with E-state index < -0.39 is 53.0 Å². The molecule has 0 saturated carbocycles. The van der Waals surface area contributed by atoms with E-state index in [1.807, 2.05) is 5.32 Å². The molecule has 2 aliphatic rings. The van der Waals surface area contributed by atoms with Gasteiger partial charge in [-0.2, -0.15) is 22.0 Å². The fourth-order valence-corrected chi connectivity index (χ4v) is 4.07. The molecule has 1 saturated heterocycles. The number of rotatable bonds is 4. The number of benzene rings is 1. The molecule has 12 heteroatoms. The monoisotopic (exact) mass is 496 g/mol. The second kappa shape index (κ2) is 7.46. The van der Waals surface area contributed by atoms with E-state index >= 15 is 0 Å². The molecular formula is C23H21F5N4O3. The molecule has 4 amide bonds. The van der Waals surface area contributed by atoms with Gasteiger partial charge in [-0.1, -0.05) is 12.1 Å². The van der Waals surface area contributed by atoms with Crippen LogP contribution >= 0.6 is 0 Å². The van der Waals surface area contributed by atoms with Gasteiger partial charge in [-0.25, -0.2) is 14.7 Å². The first-order valence-electron chi connectivity index (χ1n) is 10.5. The quantitative estimate of drug-likeness (QED) is 0.491. The van der Waals surface area contributed by atoms with E-state index in [4.69, 9.17) is 0 Å². The van der Waals surface area contributed by atoms with Crippen molar-refractivity contribution in [1.29, 1.82) is 0 Å². The van der Waals surface area contributed by atoms with Gasteiger partial charge in [0, 0.05) is 12.7 Å². The highest BCUT2D eigenvalue weighted by molar-refractivity contribution is 6.23. The molecule has 0 atom stereocenters. The minimum atomic E-state index is -4.52. The van der Waals surface area contributed by atoms with Gasteiger partial charge in [-0.05, 0) is 57.0 Å². The molecule has 0 aliphatic carbocycles. The Morgan fingerprint density at radius 3 is 2.17 bits per heavy atom. The van der Waals surface area contributed by atoms with E-state index in [2.05, 4.69) is 4.98 Å². The maximum absolute atomic E-state index is 14.5. The van der Waals surface area contributed by atoms with Crippen molar-refractivity contribution in [2.75, 3.05) is 10.2 Å². The van der Waals surface area contributed by atoms with E-state index in [1.165, 1.54) is 50.4 Å². The molecule has 1 aromatic carbocycles. The number of aromatic nitrogens is 1.